The Labute approximate surface area is 144 Å². The van der Waals surface area contributed by atoms with Crippen LogP contribution in [-0.4, -0.2) is 27.2 Å². The number of hydrogen-bond donors (Lipinski definition) is 1. The van der Waals surface area contributed by atoms with Gasteiger partial charge in [0, 0.05) is 24.3 Å². The number of carbonyl (C=O) groups excluding carboxylic acids is 1. The van der Waals surface area contributed by atoms with Crippen molar-refractivity contribution in [3.8, 4) is 0 Å². The molecule has 2 aromatic rings. The van der Waals surface area contributed by atoms with Gasteiger partial charge in [-0.25, -0.2) is 0 Å². The maximum absolute atomic E-state index is 12.5. The van der Waals surface area contributed by atoms with Crippen molar-refractivity contribution in [2.45, 2.75) is 5.72 Å². The monoisotopic (exact) mass is 341 g/mol. The van der Waals surface area contributed by atoms with E-state index in [1.807, 2.05) is 48.5 Å². The summed E-state index contributed by atoms with van der Waals surface area (Å²) in [5, 5.41) is 11.3. The summed E-state index contributed by atoms with van der Waals surface area (Å²) in [6.07, 6.45) is 1.48. The van der Waals surface area contributed by atoms with Crippen LogP contribution < -0.4 is 0 Å². The van der Waals surface area contributed by atoms with Crippen molar-refractivity contribution in [2.24, 2.45) is 0 Å². The van der Waals surface area contributed by atoms with Gasteiger partial charge in [-0.2, -0.15) is 0 Å². The largest absolute Gasteiger partial charge is 0.363 e. The van der Waals surface area contributed by atoms with Gasteiger partial charge in [-0.1, -0.05) is 84.6 Å². The third-order valence-electron chi connectivity index (χ3n) is 3.80. The lowest BCUT2D eigenvalue weighted by Gasteiger charge is -2.32. The van der Waals surface area contributed by atoms with Crippen LogP contribution in [0.15, 0.2) is 71.6 Å². The van der Waals surface area contributed by atoms with Gasteiger partial charge in [0.2, 0.25) is 0 Å². The van der Waals surface area contributed by atoms with E-state index in [-0.39, 0.29) is 5.78 Å². The molecule has 1 atom stereocenters. The molecule has 0 aromatic heterocycles. The van der Waals surface area contributed by atoms with Crippen molar-refractivity contribution in [3.63, 3.8) is 0 Å². The van der Waals surface area contributed by atoms with E-state index in [1.54, 1.807) is 24.1 Å². The van der Waals surface area contributed by atoms with Crippen molar-refractivity contribution in [3.05, 3.63) is 82.8 Å². The predicted molar refractivity (Wildman–Crippen MR) is 97.1 cm³/mol. The van der Waals surface area contributed by atoms with E-state index in [9.17, 15) is 9.90 Å². The summed E-state index contributed by atoms with van der Waals surface area (Å²) in [4.78, 5) is 14.6. The zero-order chi connectivity index (χ0) is 16.4. The molecule has 1 unspecified atom stereocenters. The van der Waals surface area contributed by atoms with E-state index in [1.165, 1.54) is 17.8 Å². The quantitative estimate of drug-likeness (QED) is 0.525. The normalized spacial score (nSPS) is 22.6. The maximum atomic E-state index is 12.5. The van der Waals surface area contributed by atoms with Crippen LogP contribution in [0.25, 0.3) is 0 Å². The molecule has 1 heterocycles. The first-order chi connectivity index (χ1) is 11.0. The molecule has 3 nitrogen and oxygen atoms in total. The molecule has 1 fully saturated rings. The Kier molecular flexibility index (Phi) is 4.35. The fraction of sp³-hybridized carbons (Fsp3) is 0.111. The maximum Gasteiger partial charge on any atom is 0.198 e. The minimum atomic E-state index is -1.41. The highest BCUT2D eigenvalue weighted by atomic mass is 32.2. The smallest absolute Gasteiger partial charge is 0.198 e. The topological polar surface area (TPSA) is 40.5 Å². The average molecular weight is 341 g/mol. The molecular formula is C18H15NO2S2. The number of hydrogen-bond acceptors (Lipinski definition) is 4. The zero-order valence-corrected chi connectivity index (χ0v) is 14.1. The number of likely N-dealkylation sites (N-methyl/N-ethyl adjacent to an activating group) is 1. The molecule has 5 heteroatoms. The number of rotatable bonds is 3. The van der Waals surface area contributed by atoms with Gasteiger partial charge in [0.05, 0.1) is 4.91 Å². The number of thiocarbonyl (C=S) groups is 1. The van der Waals surface area contributed by atoms with E-state index in [0.717, 1.165) is 0 Å². The molecule has 0 amide bonds. The number of benzene rings is 2. The number of carbonyl (C=O) groups is 1. The van der Waals surface area contributed by atoms with Gasteiger partial charge in [-0.3, -0.25) is 4.79 Å². The van der Waals surface area contributed by atoms with Crippen molar-refractivity contribution in [1.82, 2.24) is 4.90 Å². The molecule has 1 aliphatic rings. The second kappa shape index (κ2) is 6.28. The highest BCUT2D eigenvalue weighted by Gasteiger charge is 2.46. The molecule has 0 aliphatic carbocycles. The Hall–Kier alpha value is -1.95. The van der Waals surface area contributed by atoms with Crippen LogP contribution in [0.1, 0.15) is 15.9 Å². The minimum Gasteiger partial charge on any atom is -0.363 e. The van der Waals surface area contributed by atoms with Crippen molar-refractivity contribution in [2.75, 3.05) is 7.05 Å². The van der Waals surface area contributed by atoms with Crippen LogP contribution in [0.3, 0.4) is 0 Å². The molecule has 2 aromatic carbocycles. The van der Waals surface area contributed by atoms with Gasteiger partial charge in [0.15, 0.2) is 11.5 Å². The van der Waals surface area contributed by atoms with Gasteiger partial charge < -0.3 is 10.0 Å². The number of thioether (sulfide) groups is 1. The van der Waals surface area contributed by atoms with Gasteiger partial charge in [0.1, 0.15) is 4.32 Å². The molecule has 0 saturated carbocycles. The van der Waals surface area contributed by atoms with E-state index in [2.05, 4.69) is 0 Å². The Morgan fingerprint density at radius 3 is 2.30 bits per heavy atom. The second-order valence-corrected chi connectivity index (χ2v) is 6.88. The van der Waals surface area contributed by atoms with Crippen molar-refractivity contribution >= 4 is 34.1 Å². The van der Waals surface area contributed by atoms with Gasteiger partial charge >= 0.3 is 0 Å². The first-order valence-electron chi connectivity index (χ1n) is 7.08. The first kappa shape index (κ1) is 15.9. The second-order valence-electron chi connectivity index (χ2n) is 5.20. The number of aliphatic hydroxyl groups is 1. The summed E-state index contributed by atoms with van der Waals surface area (Å²) in [7, 11) is 1.73. The number of allylic oxidation sites excluding steroid dienone is 1. The van der Waals surface area contributed by atoms with Crippen LogP contribution in [0.4, 0.5) is 0 Å². The van der Waals surface area contributed by atoms with Crippen LogP contribution in [0, 0.1) is 0 Å². The first-order valence-corrected chi connectivity index (χ1v) is 8.31. The summed E-state index contributed by atoms with van der Waals surface area (Å²) < 4.78 is 0.531. The van der Waals surface area contributed by atoms with Crippen LogP contribution in [-0.2, 0) is 5.72 Å². The molecule has 116 valence electrons. The summed E-state index contributed by atoms with van der Waals surface area (Å²) in [6.45, 7) is 0. The van der Waals surface area contributed by atoms with E-state index in [4.69, 9.17) is 12.2 Å². The van der Waals surface area contributed by atoms with Crippen LogP contribution >= 0.6 is 24.0 Å². The number of ketones is 1. The summed E-state index contributed by atoms with van der Waals surface area (Å²) in [5.41, 5.74) is -0.147. The third kappa shape index (κ3) is 2.83. The highest BCUT2D eigenvalue weighted by Crippen LogP contribution is 2.47. The molecule has 3 rings (SSSR count). The lowest BCUT2D eigenvalue weighted by Crippen LogP contribution is -2.41. The van der Waals surface area contributed by atoms with Crippen molar-refractivity contribution < 1.29 is 9.90 Å². The SMILES string of the molecule is CN1C(=S)S/C(=C/C(=O)c2ccccc2)C1(O)c1ccccc1. The van der Waals surface area contributed by atoms with Gasteiger partial charge in [-0.05, 0) is 0 Å². The highest BCUT2D eigenvalue weighted by molar-refractivity contribution is 8.25. The number of nitrogens with zero attached hydrogens (tertiary/aromatic N) is 1. The molecule has 23 heavy (non-hydrogen) atoms. The average Bonchev–Trinajstić information content (AvgIpc) is 2.81. The molecular weight excluding hydrogens is 326 g/mol. The standard InChI is InChI=1S/C18H15NO2S2/c1-19-17(22)23-16(12-15(20)13-8-4-2-5-9-13)18(19,21)14-10-6-3-7-11-14/h2-12,21H,1H3/b16-12+. The third-order valence-corrected chi connectivity index (χ3v) is 5.39. The fourth-order valence-corrected chi connectivity index (χ4v) is 3.89. The molecule has 0 radical (unpaired) electrons. The Morgan fingerprint density at radius 1 is 1.13 bits per heavy atom. The Balaban J connectivity index is 2.05. The van der Waals surface area contributed by atoms with Crippen molar-refractivity contribution in [1.29, 1.82) is 0 Å². The molecule has 1 saturated heterocycles. The summed E-state index contributed by atoms with van der Waals surface area (Å²) >= 11 is 6.56. The minimum absolute atomic E-state index is 0.152. The van der Waals surface area contributed by atoms with Gasteiger partial charge in [-0.15, -0.1) is 0 Å². The van der Waals surface area contributed by atoms with E-state index in [0.29, 0.717) is 20.4 Å². The zero-order valence-electron chi connectivity index (χ0n) is 12.5. The lowest BCUT2D eigenvalue weighted by atomic mass is 9.99. The molecule has 0 spiro atoms. The fourth-order valence-electron chi connectivity index (χ4n) is 2.47. The summed E-state index contributed by atoms with van der Waals surface area (Å²) in [6, 6.07) is 18.2. The predicted octanol–water partition coefficient (Wildman–Crippen LogP) is 3.56. The lowest BCUT2D eigenvalue weighted by molar-refractivity contribution is -0.0134. The van der Waals surface area contributed by atoms with E-state index < -0.39 is 5.72 Å². The Bertz CT molecular complexity index is 774. The molecule has 1 N–H and O–H groups in total. The van der Waals surface area contributed by atoms with E-state index >= 15 is 0 Å². The van der Waals surface area contributed by atoms with Crippen LogP contribution in [0.2, 0.25) is 0 Å². The van der Waals surface area contributed by atoms with Crippen LogP contribution in [0.5, 0.6) is 0 Å². The Morgan fingerprint density at radius 2 is 1.70 bits per heavy atom. The van der Waals surface area contributed by atoms with Gasteiger partial charge in [0.25, 0.3) is 0 Å². The molecule has 1 aliphatic heterocycles. The molecule has 0 bridgehead atoms. The summed E-state index contributed by atoms with van der Waals surface area (Å²) in [5.74, 6) is -0.152.